The second-order valence-electron chi connectivity index (χ2n) is 7.74. The summed E-state index contributed by atoms with van der Waals surface area (Å²) in [6.45, 7) is 12.9. The zero-order valence-electron chi connectivity index (χ0n) is 16.6. The molecule has 0 bridgehead atoms. The van der Waals surface area contributed by atoms with Gasteiger partial charge in [-0.15, -0.1) is 11.3 Å². The van der Waals surface area contributed by atoms with Crippen LogP contribution in [0.1, 0.15) is 40.3 Å². The molecule has 3 rings (SSSR count). The SMILES string of the molecule is CC(=O)SCC(=Cc1csc(N2CCOCC2)n1)B1OC(C)(C)C(C)(C)O1. The minimum Gasteiger partial charge on any atom is -0.400 e. The Morgan fingerprint density at radius 3 is 2.52 bits per heavy atom. The molecule has 0 amide bonds. The van der Waals surface area contributed by atoms with Gasteiger partial charge >= 0.3 is 7.12 Å². The van der Waals surface area contributed by atoms with Crippen molar-refractivity contribution in [2.45, 2.75) is 45.8 Å². The van der Waals surface area contributed by atoms with E-state index in [1.54, 1.807) is 18.3 Å². The Hall–Kier alpha value is -0.865. The lowest BCUT2D eigenvalue weighted by Crippen LogP contribution is -2.41. The topological polar surface area (TPSA) is 60.9 Å². The number of nitrogens with zero attached hydrogens (tertiary/aromatic N) is 2. The summed E-state index contributed by atoms with van der Waals surface area (Å²) in [6.07, 6.45) is 2.00. The minimum absolute atomic E-state index is 0.0738. The van der Waals surface area contributed by atoms with Gasteiger partial charge in [0.2, 0.25) is 0 Å². The lowest BCUT2D eigenvalue weighted by atomic mass is 9.79. The largest absolute Gasteiger partial charge is 0.491 e. The molecule has 6 nitrogen and oxygen atoms in total. The van der Waals surface area contributed by atoms with E-state index in [1.807, 2.05) is 39.2 Å². The molecule has 2 aliphatic rings. The van der Waals surface area contributed by atoms with Crippen molar-refractivity contribution in [1.29, 1.82) is 0 Å². The summed E-state index contributed by atoms with van der Waals surface area (Å²) in [5, 5.41) is 3.11. The molecule has 2 fully saturated rings. The third-order valence-corrected chi connectivity index (χ3v) is 6.93. The molecule has 0 unspecified atom stereocenters. The number of hydrogen-bond donors (Lipinski definition) is 0. The van der Waals surface area contributed by atoms with Crippen molar-refractivity contribution in [3.63, 3.8) is 0 Å². The van der Waals surface area contributed by atoms with Crippen LogP contribution in [0.4, 0.5) is 5.13 Å². The summed E-state index contributed by atoms with van der Waals surface area (Å²) in [6, 6.07) is 0. The van der Waals surface area contributed by atoms with Crippen molar-refractivity contribution < 1.29 is 18.8 Å². The first-order valence-electron chi connectivity index (χ1n) is 9.16. The van der Waals surface area contributed by atoms with Gasteiger partial charge in [-0.2, -0.15) is 0 Å². The Kier molecular flexibility index (Phi) is 6.37. The molecule has 0 atom stereocenters. The van der Waals surface area contributed by atoms with Gasteiger partial charge in [0.05, 0.1) is 30.1 Å². The number of carbonyl (C=O) groups excluding carboxylic acids is 1. The molecule has 3 heterocycles. The van der Waals surface area contributed by atoms with Crippen LogP contribution in [-0.2, 0) is 18.8 Å². The van der Waals surface area contributed by atoms with Gasteiger partial charge < -0.3 is 18.9 Å². The van der Waals surface area contributed by atoms with Gasteiger partial charge in [-0.1, -0.05) is 11.8 Å². The van der Waals surface area contributed by atoms with Crippen LogP contribution in [0.3, 0.4) is 0 Å². The van der Waals surface area contributed by atoms with Crippen LogP contribution < -0.4 is 4.90 Å². The number of morpholine rings is 1. The minimum atomic E-state index is -0.476. The molecular weight excluding hydrogens is 383 g/mol. The number of thiazole rings is 1. The summed E-state index contributed by atoms with van der Waals surface area (Å²) in [7, 11) is -0.476. The third-order valence-electron chi connectivity index (χ3n) is 5.12. The summed E-state index contributed by atoms with van der Waals surface area (Å²) in [5.74, 6) is 0.524. The van der Waals surface area contributed by atoms with E-state index in [-0.39, 0.29) is 5.12 Å². The van der Waals surface area contributed by atoms with Gasteiger partial charge in [-0.25, -0.2) is 4.98 Å². The summed E-state index contributed by atoms with van der Waals surface area (Å²) in [4.78, 5) is 18.5. The van der Waals surface area contributed by atoms with Crippen LogP contribution in [0, 0.1) is 0 Å². The maximum absolute atomic E-state index is 11.5. The first kappa shape index (κ1) is 20.9. The highest BCUT2D eigenvalue weighted by Crippen LogP contribution is 2.39. The van der Waals surface area contributed by atoms with Gasteiger partial charge in [0.25, 0.3) is 0 Å². The fourth-order valence-corrected chi connectivity index (χ4v) is 4.22. The molecule has 2 saturated heterocycles. The number of hydrogen-bond acceptors (Lipinski definition) is 8. The van der Waals surface area contributed by atoms with Crippen LogP contribution >= 0.6 is 23.1 Å². The third kappa shape index (κ3) is 4.95. The second-order valence-corrected chi connectivity index (χ2v) is 9.73. The summed E-state index contributed by atoms with van der Waals surface area (Å²) < 4.78 is 17.8. The number of aromatic nitrogens is 1. The number of thioether (sulfide) groups is 1. The quantitative estimate of drug-likeness (QED) is 0.691. The van der Waals surface area contributed by atoms with E-state index in [2.05, 4.69) is 4.90 Å². The molecule has 148 valence electrons. The fourth-order valence-electron chi connectivity index (χ4n) is 2.79. The number of ether oxygens (including phenoxy) is 1. The van der Waals surface area contributed by atoms with Gasteiger partial charge in [0, 0.05) is 31.1 Å². The Morgan fingerprint density at radius 1 is 1.30 bits per heavy atom. The van der Waals surface area contributed by atoms with Gasteiger partial charge in [0.1, 0.15) is 0 Å². The van der Waals surface area contributed by atoms with Crippen LogP contribution in [-0.4, -0.2) is 60.5 Å². The smallest absolute Gasteiger partial charge is 0.400 e. The Labute approximate surface area is 169 Å². The van der Waals surface area contributed by atoms with E-state index in [4.69, 9.17) is 19.0 Å². The Morgan fingerprint density at radius 2 is 1.93 bits per heavy atom. The predicted octanol–water partition coefficient (Wildman–Crippen LogP) is 3.27. The van der Waals surface area contributed by atoms with Crippen molar-refractivity contribution in [3.05, 3.63) is 16.5 Å². The van der Waals surface area contributed by atoms with Gasteiger partial charge in [0.15, 0.2) is 10.2 Å². The highest BCUT2D eigenvalue weighted by Gasteiger charge is 2.52. The molecule has 0 saturated carbocycles. The Bertz CT molecular complexity index is 698. The zero-order valence-corrected chi connectivity index (χ0v) is 18.2. The van der Waals surface area contributed by atoms with E-state index in [1.165, 1.54) is 11.8 Å². The fraction of sp³-hybridized carbons (Fsp3) is 0.667. The van der Waals surface area contributed by atoms with Gasteiger partial charge in [-0.3, -0.25) is 4.79 Å². The zero-order chi connectivity index (χ0) is 19.7. The van der Waals surface area contributed by atoms with E-state index in [9.17, 15) is 4.79 Å². The highest BCUT2D eigenvalue weighted by molar-refractivity contribution is 8.13. The van der Waals surface area contributed by atoms with Crippen LogP contribution in [0.5, 0.6) is 0 Å². The molecule has 1 aromatic heterocycles. The molecular formula is C18H27BN2O4S2. The molecule has 0 radical (unpaired) electrons. The van der Waals surface area contributed by atoms with Crippen LogP contribution in [0.25, 0.3) is 6.08 Å². The molecule has 2 aliphatic heterocycles. The van der Waals surface area contributed by atoms with E-state index < -0.39 is 18.3 Å². The summed E-state index contributed by atoms with van der Waals surface area (Å²) >= 11 is 2.89. The summed E-state index contributed by atoms with van der Waals surface area (Å²) in [5.41, 5.74) is 0.959. The average molecular weight is 410 g/mol. The number of carbonyl (C=O) groups is 1. The molecule has 9 heteroatoms. The monoisotopic (exact) mass is 410 g/mol. The molecule has 0 N–H and O–H groups in total. The molecule has 0 aliphatic carbocycles. The molecule has 27 heavy (non-hydrogen) atoms. The average Bonchev–Trinajstić information content (AvgIpc) is 3.14. The van der Waals surface area contributed by atoms with Crippen LogP contribution in [0.15, 0.2) is 10.9 Å². The van der Waals surface area contributed by atoms with Crippen molar-refractivity contribution in [2.24, 2.45) is 0 Å². The lowest BCUT2D eigenvalue weighted by molar-refractivity contribution is -0.109. The Balaban J connectivity index is 1.80. The normalized spacial score (nSPS) is 22.3. The maximum Gasteiger partial charge on any atom is 0.491 e. The molecule has 0 aromatic carbocycles. The van der Waals surface area contributed by atoms with Crippen molar-refractivity contribution in [3.8, 4) is 0 Å². The standard InChI is InChI=1S/C18H27BN2O4S2/c1-13(22)26-11-14(19-24-17(2,3)18(4,5)25-19)10-15-12-27-16(20-15)21-6-8-23-9-7-21/h10,12H,6-9,11H2,1-5H3. The molecule has 0 spiro atoms. The van der Waals surface area contributed by atoms with E-state index in [0.717, 1.165) is 42.6 Å². The first-order valence-corrected chi connectivity index (χ1v) is 11.0. The van der Waals surface area contributed by atoms with Crippen molar-refractivity contribution in [1.82, 2.24) is 4.98 Å². The van der Waals surface area contributed by atoms with Crippen LogP contribution in [0.2, 0.25) is 0 Å². The molecule has 1 aromatic rings. The van der Waals surface area contributed by atoms with Gasteiger partial charge in [-0.05, 0) is 39.2 Å². The predicted molar refractivity (Wildman–Crippen MR) is 112 cm³/mol. The lowest BCUT2D eigenvalue weighted by Gasteiger charge is -2.32. The first-order chi connectivity index (χ1) is 12.7. The number of anilines is 1. The number of rotatable bonds is 5. The second kappa shape index (κ2) is 8.25. The van der Waals surface area contributed by atoms with Crippen molar-refractivity contribution >= 4 is 46.5 Å². The highest BCUT2D eigenvalue weighted by atomic mass is 32.2. The van der Waals surface area contributed by atoms with E-state index >= 15 is 0 Å². The van der Waals surface area contributed by atoms with E-state index in [0.29, 0.717) is 5.75 Å². The maximum atomic E-state index is 11.5. The van der Waals surface area contributed by atoms with Crippen molar-refractivity contribution in [2.75, 3.05) is 37.0 Å².